The molecule has 3 nitrogen and oxygen atoms in total. The van der Waals surface area contributed by atoms with Crippen LogP contribution in [-0.4, -0.2) is 22.6 Å². The van der Waals surface area contributed by atoms with Crippen molar-refractivity contribution in [1.29, 1.82) is 0 Å². The van der Waals surface area contributed by atoms with Gasteiger partial charge in [-0.05, 0) is 57.0 Å². The molecule has 106 valence electrons. The van der Waals surface area contributed by atoms with Crippen molar-refractivity contribution in [3.63, 3.8) is 0 Å². The fourth-order valence-electron chi connectivity index (χ4n) is 4.19. The van der Waals surface area contributed by atoms with E-state index >= 15 is 0 Å². The van der Waals surface area contributed by atoms with E-state index in [1.54, 1.807) is 0 Å². The molecule has 0 aromatic carbocycles. The topological polar surface area (TPSA) is 29.9 Å². The molecule has 1 aromatic heterocycles. The average molecular weight is 261 g/mol. The molecular weight excluding hydrogens is 234 g/mol. The molecule has 19 heavy (non-hydrogen) atoms. The van der Waals surface area contributed by atoms with E-state index in [0.29, 0.717) is 6.04 Å². The van der Waals surface area contributed by atoms with Crippen molar-refractivity contribution in [2.45, 2.75) is 57.9 Å². The zero-order valence-electron chi connectivity index (χ0n) is 12.3. The Hall–Kier alpha value is -0.830. The molecule has 0 radical (unpaired) electrons. The van der Waals surface area contributed by atoms with E-state index in [2.05, 4.69) is 41.2 Å². The Labute approximate surface area is 116 Å². The van der Waals surface area contributed by atoms with Crippen LogP contribution in [0.4, 0.5) is 0 Å². The number of rotatable bonds is 2. The maximum Gasteiger partial charge on any atom is 0.0950 e. The Morgan fingerprint density at radius 1 is 1.11 bits per heavy atom. The highest BCUT2D eigenvalue weighted by Crippen LogP contribution is 2.38. The van der Waals surface area contributed by atoms with Gasteiger partial charge in [0.05, 0.1) is 6.33 Å². The Morgan fingerprint density at radius 3 is 2.47 bits per heavy atom. The summed E-state index contributed by atoms with van der Waals surface area (Å²) in [6, 6.07) is 0.686. The van der Waals surface area contributed by atoms with Gasteiger partial charge in [0.15, 0.2) is 0 Å². The summed E-state index contributed by atoms with van der Waals surface area (Å²) in [5.74, 6) is 2.44. The first-order valence-electron chi connectivity index (χ1n) is 7.96. The maximum atomic E-state index is 4.47. The standard InChI is InChI=1S/C16H27N3/c1-12-7-13(2)9-15(8-12)19-11-18-10-16(19)14-3-5-17-6-4-14/h10-15,17H,3-9H2,1-2H3. The Balaban J connectivity index is 1.78. The summed E-state index contributed by atoms with van der Waals surface area (Å²) in [5, 5.41) is 3.46. The molecule has 2 heterocycles. The van der Waals surface area contributed by atoms with Gasteiger partial charge in [-0.3, -0.25) is 0 Å². The van der Waals surface area contributed by atoms with Crippen LogP contribution in [0.5, 0.6) is 0 Å². The number of imidazole rings is 1. The highest BCUT2D eigenvalue weighted by Gasteiger charge is 2.28. The van der Waals surface area contributed by atoms with Gasteiger partial charge < -0.3 is 9.88 Å². The second kappa shape index (κ2) is 5.66. The maximum absolute atomic E-state index is 4.47. The van der Waals surface area contributed by atoms with Gasteiger partial charge in [0.1, 0.15) is 0 Å². The quantitative estimate of drug-likeness (QED) is 0.885. The lowest BCUT2D eigenvalue weighted by molar-refractivity contribution is 0.216. The first kappa shape index (κ1) is 13.2. The number of hydrogen-bond acceptors (Lipinski definition) is 2. The molecule has 3 rings (SSSR count). The SMILES string of the molecule is CC1CC(C)CC(n2cncc2C2CCNCC2)C1. The molecular formula is C16H27N3. The van der Waals surface area contributed by atoms with Gasteiger partial charge in [-0.2, -0.15) is 0 Å². The van der Waals surface area contributed by atoms with E-state index in [9.17, 15) is 0 Å². The molecule has 2 aliphatic rings. The summed E-state index contributed by atoms with van der Waals surface area (Å²) < 4.78 is 2.52. The van der Waals surface area contributed by atoms with Crippen LogP contribution < -0.4 is 5.32 Å². The second-order valence-corrected chi connectivity index (χ2v) is 6.82. The van der Waals surface area contributed by atoms with E-state index in [1.165, 1.54) is 37.8 Å². The van der Waals surface area contributed by atoms with Crippen LogP contribution >= 0.6 is 0 Å². The van der Waals surface area contributed by atoms with Crippen LogP contribution in [0.25, 0.3) is 0 Å². The molecule has 2 atom stereocenters. The summed E-state index contributed by atoms with van der Waals surface area (Å²) in [5.41, 5.74) is 1.49. The van der Waals surface area contributed by atoms with Gasteiger partial charge in [-0.25, -0.2) is 4.98 Å². The lowest BCUT2D eigenvalue weighted by Gasteiger charge is -2.34. The predicted octanol–water partition coefficient (Wildman–Crippen LogP) is 3.35. The highest BCUT2D eigenvalue weighted by molar-refractivity contribution is 5.09. The zero-order chi connectivity index (χ0) is 13.2. The van der Waals surface area contributed by atoms with E-state index < -0.39 is 0 Å². The fourth-order valence-corrected chi connectivity index (χ4v) is 4.19. The van der Waals surface area contributed by atoms with Crippen molar-refractivity contribution in [1.82, 2.24) is 14.9 Å². The summed E-state index contributed by atoms with van der Waals surface area (Å²) in [6.07, 6.45) is 10.8. The molecule has 1 aliphatic carbocycles. The van der Waals surface area contributed by atoms with Crippen LogP contribution in [0.3, 0.4) is 0 Å². The number of aromatic nitrogens is 2. The van der Waals surface area contributed by atoms with E-state index in [-0.39, 0.29) is 0 Å². The summed E-state index contributed by atoms with van der Waals surface area (Å²) in [7, 11) is 0. The molecule has 2 unspecified atom stereocenters. The average Bonchev–Trinajstić information content (AvgIpc) is 2.88. The first-order valence-corrected chi connectivity index (χ1v) is 7.96. The summed E-state index contributed by atoms with van der Waals surface area (Å²) in [4.78, 5) is 4.47. The van der Waals surface area contributed by atoms with Crippen LogP contribution in [0, 0.1) is 11.8 Å². The molecule has 1 N–H and O–H groups in total. The number of piperidine rings is 1. The van der Waals surface area contributed by atoms with Crippen molar-refractivity contribution >= 4 is 0 Å². The predicted molar refractivity (Wildman–Crippen MR) is 78.3 cm³/mol. The number of nitrogens with one attached hydrogen (secondary N) is 1. The van der Waals surface area contributed by atoms with Gasteiger partial charge in [-0.1, -0.05) is 13.8 Å². The lowest BCUT2D eigenvalue weighted by Crippen LogP contribution is -2.29. The van der Waals surface area contributed by atoms with Crippen LogP contribution in [0.2, 0.25) is 0 Å². The van der Waals surface area contributed by atoms with Crippen molar-refractivity contribution < 1.29 is 0 Å². The number of nitrogens with zero attached hydrogens (tertiary/aromatic N) is 2. The number of hydrogen-bond donors (Lipinski definition) is 1. The van der Waals surface area contributed by atoms with Gasteiger partial charge in [0.2, 0.25) is 0 Å². The van der Waals surface area contributed by atoms with E-state index in [4.69, 9.17) is 0 Å². The van der Waals surface area contributed by atoms with Crippen molar-refractivity contribution in [3.05, 3.63) is 18.2 Å². The van der Waals surface area contributed by atoms with Crippen molar-refractivity contribution in [2.75, 3.05) is 13.1 Å². The zero-order valence-corrected chi connectivity index (χ0v) is 12.3. The van der Waals surface area contributed by atoms with Crippen molar-refractivity contribution in [2.24, 2.45) is 11.8 Å². The third-order valence-electron chi connectivity index (χ3n) is 5.00. The van der Waals surface area contributed by atoms with Crippen molar-refractivity contribution in [3.8, 4) is 0 Å². The Kier molecular flexibility index (Phi) is 3.92. The van der Waals surface area contributed by atoms with Crippen LogP contribution in [0.1, 0.15) is 63.6 Å². The van der Waals surface area contributed by atoms with Crippen LogP contribution in [0.15, 0.2) is 12.5 Å². The van der Waals surface area contributed by atoms with Gasteiger partial charge in [-0.15, -0.1) is 0 Å². The molecule has 0 amide bonds. The third kappa shape index (κ3) is 2.86. The van der Waals surface area contributed by atoms with Gasteiger partial charge in [0.25, 0.3) is 0 Å². The minimum atomic E-state index is 0.686. The van der Waals surface area contributed by atoms with E-state index in [0.717, 1.165) is 30.8 Å². The summed E-state index contributed by atoms with van der Waals surface area (Å²) >= 11 is 0. The van der Waals surface area contributed by atoms with Crippen LogP contribution in [-0.2, 0) is 0 Å². The molecule has 0 spiro atoms. The molecule has 2 fully saturated rings. The molecule has 1 aliphatic heterocycles. The van der Waals surface area contributed by atoms with Gasteiger partial charge in [0, 0.05) is 23.9 Å². The second-order valence-electron chi connectivity index (χ2n) is 6.82. The smallest absolute Gasteiger partial charge is 0.0950 e. The molecule has 1 saturated heterocycles. The molecule has 1 aromatic rings. The Bertz CT molecular complexity index is 396. The van der Waals surface area contributed by atoms with E-state index in [1.807, 2.05) is 0 Å². The minimum Gasteiger partial charge on any atom is -0.331 e. The minimum absolute atomic E-state index is 0.686. The summed E-state index contributed by atoms with van der Waals surface area (Å²) in [6.45, 7) is 7.13. The molecule has 3 heteroatoms. The normalized spacial score (nSPS) is 33.5. The fraction of sp³-hybridized carbons (Fsp3) is 0.812. The molecule has 1 saturated carbocycles. The third-order valence-corrected chi connectivity index (χ3v) is 5.00. The van der Waals surface area contributed by atoms with Gasteiger partial charge >= 0.3 is 0 Å². The molecule has 0 bridgehead atoms. The highest BCUT2D eigenvalue weighted by atomic mass is 15.1. The first-order chi connectivity index (χ1) is 9.24. The largest absolute Gasteiger partial charge is 0.331 e. The lowest BCUT2D eigenvalue weighted by atomic mass is 9.80. The monoisotopic (exact) mass is 261 g/mol. The Morgan fingerprint density at radius 2 is 1.79 bits per heavy atom.